The van der Waals surface area contributed by atoms with Gasteiger partial charge in [-0.15, -0.1) is 0 Å². The summed E-state index contributed by atoms with van der Waals surface area (Å²) in [5.41, 5.74) is 2.12. The van der Waals surface area contributed by atoms with Gasteiger partial charge in [-0.25, -0.2) is 9.97 Å². The van der Waals surface area contributed by atoms with Crippen molar-refractivity contribution in [3.05, 3.63) is 17.5 Å². The van der Waals surface area contributed by atoms with Crippen LogP contribution in [0.15, 0.2) is 6.20 Å². The standard InChI is InChI=1S/C10H18N4O/c1-8-9(6-11-2)7-13-10(14-8)12-4-5-15-3/h7,11H,4-6H2,1-3H3,(H,12,13,14). The average molecular weight is 210 g/mol. The summed E-state index contributed by atoms with van der Waals surface area (Å²) in [4.78, 5) is 8.56. The van der Waals surface area contributed by atoms with Gasteiger partial charge in [0.05, 0.1) is 6.61 Å². The summed E-state index contributed by atoms with van der Waals surface area (Å²) in [6.45, 7) is 4.15. The Kier molecular flexibility index (Phi) is 5.00. The van der Waals surface area contributed by atoms with E-state index in [1.54, 1.807) is 7.11 Å². The van der Waals surface area contributed by atoms with Crippen LogP contribution in [0.25, 0.3) is 0 Å². The van der Waals surface area contributed by atoms with Crippen molar-refractivity contribution in [1.82, 2.24) is 15.3 Å². The van der Waals surface area contributed by atoms with Crippen LogP contribution in [0.2, 0.25) is 0 Å². The Morgan fingerprint density at radius 3 is 2.87 bits per heavy atom. The molecule has 0 saturated carbocycles. The van der Waals surface area contributed by atoms with E-state index in [1.807, 2.05) is 20.2 Å². The summed E-state index contributed by atoms with van der Waals surface area (Å²) < 4.78 is 4.93. The van der Waals surface area contributed by atoms with E-state index >= 15 is 0 Å². The smallest absolute Gasteiger partial charge is 0.222 e. The zero-order valence-electron chi connectivity index (χ0n) is 9.50. The molecule has 0 saturated heterocycles. The minimum absolute atomic E-state index is 0.653. The lowest BCUT2D eigenvalue weighted by atomic mass is 10.2. The summed E-state index contributed by atoms with van der Waals surface area (Å²) >= 11 is 0. The van der Waals surface area contributed by atoms with Crippen molar-refractivity contribution in [3.8, 4) is 0 Å². The van der Waals surface area contributed by atoms with E-state index in [0.29, 0.717) is 12.6 Å². The SMILES string of the molecule is CNCc1cnc(NCCOC)nc1C. The molecule has 5 heteroatoms. The third kappa shape index (κ3) is 3.81. The van der Waals surface area contributed by atoms with E-state index in [9.17, 15) is 0 Å². The molecule has 0 atom stereocenters. The summed E-state index contributed by atoms with van der Waals surface area (Å²) in [5.74, 6) is 0.657. The largest absolute Gasteiger partial charge is 0.383 e. The van der Waals surface area contributed by atoms with Crippen molar-refractivity contribution in [1.29, 1.82) is 0 Å². The molecule has 1 aromatic heterocycles. The predicted octanol–water partition coefficient (Wildman–Crippen LogP) is 0.563. The highest BCUT2D eigenvalue weighted by molar-refractivity contribution is 5.28. The van der Waals surface area contributed by atoms with Gasteiger partial charge in [-0.1, -0.05) is 0 Å². The molecule has 0 aromatic carbocycles. The lowest BCUT2D eigenvalue weighted by Crippen LogP contribution is -2.13. The number of ether oxygens (including phenoxy) is 1. The zero-order valence-corrected chi connectivity index (χ0v) is 9.50. The van der Waals surface area contributed by atoms with E-state index in [4.69, 9.17) is 4.74 Å². The molecule has 2 N–H and O–H groups in total. The molecule has 1 rings (SSSR count). The van der Waals surface area contributed by atoms with Crippen LogP contribution in [0, 0.1) is 6.92 Å². The Labute approximate surface area is 90.3 Å². The van der Waals surface area contributed by atoms with Gasteiger partial charge in [-0.2, -0.15) is 0 Å². The highest BCUT2D eigenvalue weighted by Gasteiger charge is 2.01. The molecule has 0 radical (unpaired) electrons. The van der Waals surface area contributed by atoms with Gasteiger partial charge in [0.15, 0.2) is 0 Å². The number of aryl methyl sites for hydroxylation is 1. The highest BCUT2D eigenvalue weighted by Crippen LogP contribution is 2.06. The normalized spacial score (nSPS) is 10.3. The average Bonchev–Trinajstić information content (AvgIpc) is 2.23. The minimum atomic E-state index is 0.653. The maximum Gasteiger partial charge on any atom is 0.222 e. The van der Waals surface area contributed by atoms with Crippen molar-refractivity contribution in [2.24, 2.45) is 0 Å². The lowest BCUT2D eigenvalue weighted by Gasteiger charge is -2.07. The maximum absolute atomic E-state index is 4.93. The van der Waals surface area contributed by atoms with Crippen LogP contribution in [-0.4, -0.2) is 37.3 Å². The van der Waals surface area contributed by atoms with Crippen molar-refractivity contribution in [3.63, 3.8) is 0 Å². The fourth-order valence-electron chi connectivity index (χ4n) is 1.21. The monoisotopic (exact) mass is 210 g/mol. The molecular formula is C10H18N4O. The number of aromatic nitrogens is 2. The second-order valence-electron chi connectivity index (χ2n) is 3.25. The lowest BCUT2D eigenvalue weighted by molar-refractivity contribution is 0.210. The van der Waals surface area contributed by atoms with Crippen LogP contribution in [0.1, 0.15) is 11.3 Å². The summed E-state index contributed by atoms with van der Waals surface area (Å²) in [6, 6.07) is 0. The van der Waals surface area contributed by atoms with E-state index in [-0.39, 0.29) is 0 Å². The second-order valence-corrected chi connectivity index (χ2v) is 3.25. The van der Waals surface area contributed by atoms with Gasteiger partial charge in [0, 0.05) is 37.7 Å². The van der Waals surface area contributed by atoms with E-state index in [1.165, 1.54) is 0 Å². The van der Waals surface area contributed by atoms with Gasteiger partial charge in [0.2, 0.25) is 5.95 Å². The number of anilines is 1. The van der Waals surface area contributed by atoms with Gasteiger partial charge in [0.25, 0.3) is 0 Å². The fraction of sp³-hybridized carbons (Fsp3) is 0.600. The van der Waals surface area contributed by atoms with Crippen LogP contribution in [0.5, 0.6) is 0 Å². The Morgan fingerprint density at radius 1 is 1.47 bits per heavy atom. The zero-order chi connectivity index (χ0) is 11.1. The third-order valence-electron chi connectivity index (χ3n) is 2.04. The Hall–Kier alpha value is -1.20. The molecule has 5 nitrogen and oxygen atoms in total. The second kappa shape index (κ2) is 6.31. The van der Waals surface area contributed by atoms with Crippen molar-refractivity contribution in [2.75, 3.05) is 32.6 Å². The highest BCUT2D eigenvalue weighted by atomic mass is 16.5. The van der Waals surface area contributed by atoms with Gasteiger partial charge in [-0.05, 0) is 14.0 Å². The fourth-order valence-corrected chi connectivity index (χ4v) is 1.21. The molecule has 0 bridgehead atoms. The quantitative estimate of drug-likeness (QED) is 0.672. The Bertz CT molecular complexity index is 303. The molecule has 15 heavy (non-hydrogen) atoms. The first-order valence-electron chi connectivity index (χ1n) is 4.98. The van der Waals surface area contributed by atoms with Crippen molar-refractivity contribution in [2.45, 2.75) is 13.5 Å². The molecule has 1 heterocycles. The van der Waals surface area contributed by atoms with E-state index in [2.05, 4.69) is 20.6 Å². The van der Waals surface area contributed by atoms with Crippen LogP contribution in [0.3, 0.4) is 0 Å². The molecule has 0 amide bonds. The number of nitrogens with zero attached hydrogens (tertiary/aromatic N) is 2. The number of hydrogen-bond donors (Lipinski definition) is 2. The summed E-state index contributed by atoms with van der Waals surface area (Å²) in [7, 11) is 3.58. The minimum Gasteiger partial charge on any atom is -0.383 e. The number of hydrogen-bond acceptors (Lipinski definition) is 5. The van der Waals surface area contributed by atoms with Gasteiger partial charge in [0.1, 0.15) is 0 Å². The number of nitrogens with one attached hydrogen (secondary N) is 2. The first-order valence-corrected chi connectivity index (χ1v) is 4.98. The summed E-state index contributed by atoms with van der Waals surface area (Å²) in [6.07, 6.45) is 1.84. The topological polar surface area (TPSA) is 59.1 Å². The molecule has 0 aliphatic heterocycles. The molecule has 0 fully saturated rings. The van der Waals surface area contributed by atoms with Gasteiger partial charge < -0.3 is 15.4 Å². The van der Waals surface area contributed by atoms with Crippen molar-refractivity contribution >= 4 is 5.95 Å². The van der Waals surface area contributed by atoms with Crippen LogP contribution in [0.4, 0.5) is 5.95 Å². The predicted molar refractivity (Wildman–Crippen MR) is 59.9 cm³/mol. The van der Waals surface area contributed by atoms with E-state index < -0.39 is 0 Å². The molecule has 84 valence electrons. The van der Waals surface area contributed by atoms with Gasteiger partial charge in [-0.3, -0.25) is 0 Å². The summed E-state index contributed by atoms with van der Waals surface area (Å²) in [5, 5.41) is 6.16. The first kappa shape index (κ1) is 11.9. The van der Waals surface area contributed by atoms with E-state index in [0.717, 1.165) is 24.3 Å². The molecule has 0 unspecified atom stereocenters. The molecule has 0 aliphatic rings. The molecular weight excluding hydrogens is 192 g/mol. The van der Waals surface area contributed by atoms with Crippen LogP contribution in [-0.2, 0) is 11.3 Å². The Balaban J connectivity index is 2.56. The third-order valence-corrected chi connectivity index (χ3v) is 2.04. The van der Waals surface area contributed by atoms with Crippen LogP contribution >= 0.6 is 0 Å². The van der Waals surface area contributed by atoms with Crippen LogP contribution < -0.4 is 10.6 Å². The number of methoxy groups -OCH3 is 1. The molecule has 0 spiro atoms. The molecule has 1 aromatic rings. The van der Waals surface area contributed by atoms with Gasteiger partial charge >= 0.3 is 0 Å². The van der Waals surface area contributed by atoms with Crippen molar-refractivity contribution < 1.29 is 4.74 Å². The number of rotatable bonds is 6. The Morgan fingerprint density at radius 2 is 2.27 bits per heavy atom. The maximum atomic E-state index is 4.93. The molecule has 0 aliphatic carbocycles. The first-order chi connectivity index (χ1) is 7.27.